The molecule has 0 aliphatic rings. The minimum Gasteiger partial charge on any atom is -0.354 e. The van der Waals surface area contributed by atoms with Gasteiger partial charge in [0.25, 0.3) is 0 Å². The summed E-state index contributed by atoms with van der Waals surface area (Å²) in [5, 5.41) is 5.41. The van der Waals surface area contributed by atoms with Gasteiger partial charge in [-0.2, -0.15) is 0 Å². The number of hydrogen-bond donors (Lipinski definition) is 2. The van der Waals surface area contributed by atoms with Crippen molar-refractivity contribution in [2.24, 2.45) is 5.92 Å². The predicted molar refractivity (Wildman–Crippen MR) is 100 cm³/mol. The summed E-state index contributed by atoms with van der Waals surface area (Å²) < 4.78 is 25.4. The Balaban J connectivity index is 2.86. The molecule has 1 aromatic rings. The maximum atomic E-state index is 12.1. The van der Waals surface area contributed by atoms with Gasteiger partial charge < -0.3 is 10.6 Å². The highest BCUT2D eigenvalue weighted by atomic mass is 32.2. The van der Waals surface area contributed by atoms with Gasteiger partial charge in [0, 0.05) is 25.1 Å². The molecule has 0 spiro atoms. The van der Waals surface area contributed by atoms with Gasteiger partial charge in [-0.05, 0) is 31.0 Å². The highest BCUT2D eigenvalue weighted by Crippen LogP contribution is 2.21. The largest absolute Gasteiger partial charge is 0.354 e. The number of nitrogens with one attached hydrogen (secondary N) is 2. The number of rotatable bonds is 9. The molecule has 8 heteroatoms. The molecule has 2 N–H and O–H groups in total. The van der Waals surface area contributed by atoms with E-state index in [1.165, 1.54) is 11.2 Å². The smallest absolute Gasteiger partial charge is 0.232 e. The summed E-state index contributed by atoms with van der Waals surface area (Å²) in [5.74, 6) is -0.360. The average molecular weight is 369 g/mol. The van der Waals surface area contributed by atoms with E-state index in [4.69, 9.17) is 0 Å². The lowest BCUT2D eigenvalue weighted by Crippen LogP contribution is -2.40. The Hall–Kier alpha value is -2.09. The molecule has 0 bridgehead atoms. The molecule has 1 aromatic carbocycles. The van der Waals surface area contributed by atoms with Gasteiger partial charge in [0.1, 0.15) is 0 Å². The lowest BCUT2D eigenvalue weighted by molar-refractivity contribution is -0.125. The van der Waals surface area contributed by atoms with Crippen LogP contribution in [0.2, 0.25) is 0 Å². The topological polar surface area (TPSA) is 95.6 Å². The fourth-order valence-corrected chi connectivity index (χ4v) is 3.43. The van der Waals surface area contributed by atoms with Crippen LogP contribution in [0.25, 0.3) is 0 Å². The third-order valence-electron chi connectivity index (χ3n) is 3.83. The number of amides is 2. The van der Waals surface area contributed by atoms with Crippen LogP contribution in [0.3, 0.4) is 0 Å². The average Bonchev–Trinajstić information content (AvgIpc) is 2.51. The van der Waals surface area contributed by atoms with Crippen LogP contribution in [-0.2, 0) is 19.6 Å². The highest BCUT2D eigenvalue weighted by Gasteiger charge is 2.19. The molecule has 7 nitrogen and oxygen atoms in total. The van der Waals surface area contributed by atoms with Gasteiger partial charge in [-0.15, -0.1) is 0 Å². The van der Waals surface area contributed by atoms with Crippen molar-refractivity contribution in [2.75, 3.05) is 29.0 Å². The number of nitrogens with zero attached hydrogens (tertiary/aromatic N) is 1. The molecule has 25 heavy (non-hydrogen) atoms. The first-order valence-corrected chi connectivity index (χ1v) is 10.2. The lowest BCUT2D eigenvalue weighted by Gasteiger charge is -2.23. The van der Waals surface area contributed by atoms with Gasteiger partial charge in [-0.3, -0.25) is 13.9 Å². The second-order valence-electron chi connectivity index (χ2n) is 5.87. The summed E-state index contributed by atoms with van der Waals surface area (Å²) >= 11 is 0. The normalized spacial score (nSPS) is 11.2. The fourth-order valence-electron chi connectivity index (χ4n) is 2.51. The van der Waals surface area contributed by atoms with Gasteiger partial charge in [0.15, 0.2) is 0 Å². The molecule has 0 saturated carbocycles. The maximum absolute atomic E-state index is 12.1. The summed E-state index contributed by atoms with van der Waals surface area (Å²) in [6, 6.07) is 6.59. The van der Waals surface area contributed by atoms with Crippen molar-refractivity contribution < 1.29 is 18.0 Å². The first kappa shape index (κ1) is 21.0. The molecule has 0 aliphatic heterocycles. The summed E-state index contributed by atoms with van der Waals surface area (Å²) in [6.45, 7) is 5.61. The third-order valence-corrected chi connectivity index (χ3v) is 5.02. The third kappa shape index (κ3) is 6.74. The molecule has 2 amide bonds. The second kappa shape index (κ2) is 9.41. The molecule has 0 atom stereocenters. The highest BCUT2D eigenvalue weighted by molar-refractivity contribution is 7.92. The number of anilines is 2. The molecule has 0 aliphatic carbocycles. The molecule has 140 valence electrons. The van der Waals surface area contributed by atoms with Crippen LogP contribution in [0.5, 0.6) is 0 Å². The minimum atomic E-state index is -3.52. The number of hydrogen-bond acceptors (Lipinski definition) is 4. The second-order valence-corrected chi connectivity index (χ2v) is 7.78. The predicted octanol–water partition coefficient (Wildman–Crippen LogP) is 1.96. The summed E-state index contributed by atoms with van der Waals surface area (Å²) in [6.07, 6.45) is 2.61. The van der Waals surface area contributed by atoms with Crippen molar-refractivity contribution in [1.82, 2.24) is 5.32 Å². The fraction of sp³-hybridized carbons (Fsp3) is 0.529. The van der Waals surface area contributed by atoms with E-state index < -0.39 is 10.0 Å². The zero-order chi connectivity index (χ0) is 19.0. The Labute approximate surface area is 149 Å². The van der Waals surface area contributed by atoms with Crippen LogP contribution < -0.4 is 14.9 Å². The number of sulfonamides is 1. The van der Waals surface area contributed by atoms with Crippen LogP contribution in [0.1, 0.15) is 33.6 Å². The molecule has 0 aromatic heterocycles. The van der Waals surface area contributed by atoms with E-state index in [1.807, 2.05) is 13.8 Å². The van der Waals surface area contributed by atoms with Crippen LogP contribution in [-0.4, -0.2) is 39.6 Å². The molecular formula is C17H27N3O4S. The van der Waals surface area contributed by atoms with Crippen molar-refractivity contribution in [2.45, 2.75) is 33.6 Å². The molecule has 0 saturated heterocycles. The van der Waals surface area contributed by atoms with Crippen LogP contribution in [0, 0.1) is 5.92 Å². The Morgan fingerprint density at radius 2 is 1.84 bits per heavy atom. The van der Waals surface area contributed by atoms with Gasteiger partial charge in [-0.25, -0.2) is 8.42 Å². The van der Waals surface area contributed by atoms with Crippen molar-refractivity contribution in [3.8, 4) is 0 Å². The Morgan fingerprint density at radius 3 is 2.36 bits per heavy atom. The van der Waals surface area contributed by atoms with Crippen LogP contribution in [0.15, 0.2) is 24.3 Å². The summed E-state index contributed by atoms with van der Waals surface area (Å²) in [5.41, 5.74) is 0.949. The quantitative estimate of drug-likeness (QED) is 0.695. The summed E-state index contributed by atoms with van der Waals surface area (Å²) in [4.78, 5) is 23.2. The van der Waals surface area contributed by atoms with E-state index in [0.29, 0.717) is 11.4 Å². The maximum Gasteiger partial charge on any atom is 0.232 e. The van der Waals surface area contributed by atoms with Crippen molar-refractivity contribution in [3.05, 3.63) is 24.3 Å². The molecule has 0 heterocycles. The standard InChI is InChI=1S/C17H27N3O4S/c1-5-14(6-2)17(22)18-10-11-20(25(4,23)24)16-9-7-8-15(12-16)19-13(3)21/h7-9,12,14H,5-6,10-11H2,1-4H3,(H,18,22)(H,19,21). The first-order valence-electron chi connectivity index (χ1n) is 8.32. The molecule has 1 rings (SSSR count). The van der Waals surface area contributed by atoms with Crippen molar-refractivity contribution >= 4 is 33.2 Å². The van der Waals surface area contributed by atoms with E-state index in [-0.39, 0.29) is 30.8 Å². The molecular weight excluding hydrogens is 342 g/mol. The van der Waals surface area contributed by atoms with Crippen LogP contribution in [0.4, 0.5) is 11.4 Å². The first-order chi connectivity index (χ1) is 11.7. The molecule has 0 fully saturated rings. The van der Waals surface area contributed by atoms with Gasteiger partial charge in [0.05, 0.1) is 18.5 Å². The summed E-state index contributed by atoms with van der Waals surface area (Å²) in [7, 11) is -3.52. The van der Waals surface area contributed by atoms with Crippen molar-refractivity contribution in [1.29, 1.82) is 0 Å². The minimum absolute atomic E-state index is 0.0604. The zero-order valence-electron chi connectivity index (χ0n) is 15.2. The molecule has 0 radical (unpaired) electrons. The Morgan fingerprint density at radius 1 is 1.20 bits per heavy atom. The number of benzene rings is 1. The monoisotopic (exact) mass is 369 g/mol. The van der Waals surface area contributed by atoms with E-state index >= 15 is 0 Å². The number of carbonyl (C=O) groups is 2. The lowest BCUT2D eigenvalue weighted by atomic mass is 10.0. The number of carbonyl (C=O) groups excluding carboxylic acids is 2. The van der Waals surface area contributed by atoms with Gasteiger partial charge >= 0.3 is 0 Å². The zero-order valence-corrected chi connectivity index (χ0v) is 16.0. The van der Waals surface area contributed by atoms with E-state index in [2.05, 4.69) is 10.6 Å². The van der Waals surface area contributed by atoms with E-state index in [1.54, 1.807) is 24.3 Å². The molecule has 0 unspecified atom stereocenters. The van der Waals surface area contributed by atoms with E-state index in [0.717, 1.165) is 19.1 Å². The van der Waals surface area contributed by atoms with Gasteiger partial charge in [0.2, 0.25) is 21.8 Å². The van der Waals surface area contributed by atoms with E-state index in [9.17, 15) is 18.0 Å². The Bertz CT molecular complexity index is 700. The van der Waals surface area contributed by atoms with Crippen molar-refractivity contribution in [3.63, 3.8) is 0 Å². The van der Waals surface area contributed by atoms with Crippen LogP contribution >= 0.6 is 0 Å². The van der Waals surface area contributed by atoms with Gasteiger partial charge in [-0.1, -0.05) is 19.9 Å². The Kier molecular flexibility index (Phi) is 7.89. The SMILES string of the molecule is CCC(CC)C(=O)NCCN(c1cccc(NC(C)=O)c1)S(C)(=O)=O.